The molecular formula is C51H84N2. The molecule has 0 spiro atoms. The Morgan fingerprint density at radius 1 is 0.491 bits per heavy atom. The van der Waals surface area contributed by atoms with E-state index >= 15 is 0 Å². The molecule has 0 N–H and O–H groups in total. The first-order valence-corrected chi connectivity index (χ1v) is 23.3. The highest BCUT2D eigenvalue weighted by atomic mass is 15.1. The lowest BCUT2D eigenvalue weighted by Gasteiger charge is -2.39. The van der Waals surface area contributed by atoms with Crippen LogP contribution in [-0.4, -0.2) is 9.55 Å². The van der Waals surface area contributed by atoms with Gasteiger partial charge in [-0.05, 0) is 30.4 Å². The monoisotopic (exact) mass is 725 g/mol. The molecule has 0 amide bonds. The summed E-state index contributed by atoms with van der Waals surface area (Å²) in [6.45, 7) is 8.25. The van der Waals surface area contributed by atoms with E-state index in [1.807, 2.05) is 0 Å². The van der Waals surface area contributed by atoms with Crippen molar-refractivity contribution in [2.45, 2.75) is 231 Å². The number of hydrogen-bond donors (Lipinski definition) is 0. The first kappa shape index (κ1) is 45.0. The minimum Gasteiger partial charge on any atom is -0.335 e. The number of aromatic nitrogens is 2. The standard InChI is InChI=1S/C51H84N2/c1-4-6-8-10-12-14-16-17-18-19-20-21-23-25-27-29-37-44-53-45-43-52-50(53)49(42-36-28-26-24-22-15-13-11-9-7-5-2)51(3,48-40-34-31-35-41-48)46-47-38-32-30-33-39-47/h30-35,38-41,43,45,49H,4-29,36-37,42,44,46H2,1-3H3. The molecule has 0 saturated carbocycles. The van der Waals surface area contributed by atoms with Crippen LogP contribution in [0, 0.1) is 0 Å². The lowest BCUT2D eigenvalue weighted by molar-refractivity contribution is 0.321. The van der Waals surface area contributed by atoms with Crippen molar-refractivity contribution in [1.82, 2.24) is 9.55 Å². The van der Waals surface area contributed by atoms with Gasteiger partial charge in [0.05, 0.1) is 0 Å². The fraction of sp³-hybridized carbons (Fsp3) is 0.706. The maximum atomic E-state index is 5.18. The van der Waals surface area contributed by atoms with Crippen LogP contribution < -0.4 is 0 Å². The summed E-state index contributed by atoms with van der Waals surface area (Å²) in [5, 5.41) is 0. The molecule has 0 saturated heterocycles. The van der Waals surface area contributed by atoms with Crippen LogP contribution in [0.25, 0.3) is 0 Å². The molecule has 2 atom stereocenters. The van der Waals surface area contributed by atoms with Gasteiger partial charge < -0.3 is 4.57 Å². The number of unbranched alkanes of at least 4 members (excludes halogenated alkanes) is 26. The van der Waals surface area contributed by atoms with E-state index in [9.17, 15) is 0 Å². The lowest BCUT2D eigenvalue weighted by Crippen LogP contribution is -2.35. The average Bonchev–Trinajstić information content (AvgIpc) is 3.65. The summed E-state index contributed by atoms with van der Waals surface area (Å²) in [4.78, 5) is 5.18. The van der Waals surface area contributed by atoms with E-state index in [-0.39, 0.29) is 5.41 Å². The zero-order chi connectivity index (χ0) is 37.5. The molecule has 0 radical (unpaired) electrons. The number of hydrogen-bond acceptors (Lipinski definition) is 1. The Morgan fingerprint density at radius 2 is 0.887 bits per heavy atom. The van der Waals surface area contributed by atoms with Gasteiger partial charge in [-0.25, -0.2) is 4.98 Å². The zero-order valence-electron chi connectivity index (χ0n) is 35.3. The molecule has 0 bridgehead atoms. The Balaban J connectivity index is 1.48. The molecule has 0 aliphatic heterocycles. The van der Waals surface area contributed by atoms with Crippen LogP contribution in [0.1, 0.15) is 230 Å². The van der Waals surface area contributed by atoms with Crippen molar-refractivity contribution in [3.05, 3.63) is 90.0 Å². The summed E-state index contributed by atoms with van der Waals surface area (Å²) in [7, 11) is 0. The van der Waals surface area contributed by atoms with E-state index < -0.39 is 0 Å². The SMILES string of the molecule is CCCCCCCCCCCCCCCCCCCn1ccnc1C(CCCCCCCCCCCCC)C(C)(Cc1ccccc1)c1ccccc1. The van der Waals surface area contributed by atoms with Crippen molar-refractivity contribution in [3.63, 3.8) is 0 Å². The third kappa shape index (κ3) is 19.2. The second kappa shape index (κ2) is 29.9. The largest absolute Gasteiger partial charge is 0.335 e. The van der Waals surface area contributed by atoms with Crippen molar-refractivity contribution in [1.29, 1.82) is 0 Å². The quantitative estimate of drug-likeness (QED) is 0.0552. The fourth-order valence-electron chi connectivity index (χ4n) is 8.84. The third-order valence-corrected chi connectivity index (χ3v) is 12.3. The highest BCUT2D eigenvalue weighted by Gasteiger charge is 2.39. The van der Waals surface area contributed by atoms with Gasteiger partial charge in [0, 0.05) is 30.3 Å². The minimum atomic E-state index is -0.0293. The molecule has 1 heterocycles. The number of nitrogens with zero attached hydrogens (tertiary/aromatic N) is 2. The van der Waals surface area contributed by atoms with Gasteiger partial charge >= 0.3 is 0 Å². The van der Waals surface area contributed by atoms with Crippen LogP contribution in [0.2, 0.25) is 0 Å². The summed E-state index contributed by atoms with van der Waals surface area (Å²) in [6.07, 6.45) is 46.0. The highest BCUT2D eigenvalue weighted by Crippen LogP contribution is 2.44. The first-order valence-electron chi connectivity index (χ1n) is 23.3. The topological polar surface area (TPSA) is 17.8 Å². The number of benzene rings is 2. The third-order valence-electron chi connectivity index (χ3n) is 12.3. The van der Waals surface area contributed by atoms with Gasteiger partial charge in [-0.1, -0.05) is 255 Å². The molecule has 1 aromatic heterocycles. The van der Waals surface area contributed by atoms with Crippen LogP contribution >= 0.6 is 0 Å². The molecule has 53 heavy (non-hydrogen) atoms. The van der Waals surface area contributed by atoms with Gasteiger partial charge in [-0.15, -0.1) is 0 Å². The predicted octanol–water partition coefficient (Wildman–Crippen LogP) is 16.5. The number of imidazole rings is 1. The number of aryl methyl sites for hydroxylation is 1. The zero-order valence-corrected chi connectivity index (χ0v) is 35.3. The van der Waals surface area contributed by atoms with E-state index in [4.69, 9.17) is 4.98 Å². The lowest BCUT2D eigenvalue weighted by atomic mass is 9.66. The van der Waals surface area contributed by atoms with Crippen LogP contribution in [0.15, 0.2) is 73.1 Å². The Hall–Kier alpha value is -2.35. The molecule has 2 unspecified atom stereocenters. The summed E-state index contributed by atoms with van der Waals surface area (Å²) in [5.74, 6) is 1.69. The van der Waals surface area contributed by atoms with Gasteiger partial charge in [-0.2, -0.15) is 0 Å². The molecule has 0 fully saturated rings. The fourth-order valence-corrected chi connectivity index (χ4v) is 8.84. The molecule has 0 aliphatic rings. The summed E-state index contributed by atoms with van der Waals surface area (Å²) in [5.41, 5.74) is 2.84. The Kier molecular flexibility index (Phi) is 25.4. The minimum absolute atomic E-state index is 0.0293. The van der Waals surface area contributed by atoms with Crippen molar-refractivity contribution < 1.29 is 0 Å². The van der Waals surface area contributed by atoms with E-state index in [1.165, 1.54) is 203 Å². The smallest absolute Gasteiger partial charge is 0.112 e. The summed E-state index contributed by atoms with van der Waals surface area (Å²) < 4.78 is 2.54. The molecule has 3 aromatic rings. The van der Waals surface area contributed by atoms with Gasteiger partial charge in [0.15, 0.2) is 0 Å². The van der Waals surface area contributed by atoms with Crippen molar-refractivity contribution in [3.8, 4) is 0 Å². The molecule has 0 aliphatic carbocycles. The maximum absolute atomic E-state index is 5.18. The van der Waals surface area contributed by atoms with Gasteiger partial charge in [0.2, 0.25) is 0 Å². The molecule has 3 rings (SSSR count). The van der Waals surface area contributed by atoms with Gasteiger partial charge in [0.25, 0.3) is 0 Å². The van der Waals surface area contributed by atoms with Gasteiger partial charge in [0.1, 0.15) is 5.82 Å². The van der Waals surface area contributed by atoms with E-state index in [2.05, 4.69) is 98.4 Å². The predicted molar refractivity (Wildman–Crippen MR) is 234 cm³/mol. The Bertz CT molecular complexity index is 1220. The summed E-state index contributed by atoms with van der Waals surface area (Å²) in [6, 6.07) is 22.6. The van der Waals surface area contributed by atoms with Crippen molar-refractivity contribution in [2.24, 2.45) is 0 Å². The second-order valence-corrected chi connectivity index (χ2v) is 17.0. The van der Waals surface area contributed by atoms with Crippen molar-refractivity contribution in [2.75, 3.05) is 0 Å². The molecule has 2 aromatic carbocycles. The Morgan fingerprint density at radius 3 is 1.34 bits per heavy atom. The van der Waals surface area contributed by atoms with Crippen LogP contribution in [0.5, 0.6) is 0 Å². The second-order valence-electron chi connectivity index (χ2n) is 17.0. The van der Waals surface area contributed by atoms with E-state index in [1.54, 1.807) is 0 Å². The first-order chi connectivity index (χ1) is 26.2. The molecule has 298 valence electrons. The molecule has 2 nitrogen and oxygen atoms in total. The van der Waals surface area contributed by atoms with E-state index in [0.717, 1.165) is 13.0 Å². The Labute approximate surface area is 329 Å². The maximum Gasteiger partial charge on any atom is 0.112 e. The highest BCUT2D eigenvalue weighted by molar-refractivity contribution is 5.33. The van der Waals surface area contributed by atoms with Crippen LogP contribution in [0.4, 0.5) is 0 Å². The van der Waals surface area contributed by atoms with Crippen molar-refractivity contribution >= 4 is 0 Å². The van der Waals surface area contributed by atoms with Crippen LogP contribution in [-0.2, 0) is 18.4 Å². The van der Waals surface area contributed by atoms with E-state index in [0.29, 0.717) is 5.92 Å². The normalized spacial score (nSPS) is 13.3. The van der Waals surface area contributed by atoms with Gasteiger partial charge in [-0.3, -0.25) is 0 Å². The number of rotatable bonds is 35. The summed E-state index contributed by atoms with van der Waals surface area (Å²) >= 11 is 0. The molecule has 2 heteroatoms. The molecular weight excluding hydrogens is 641 g/mol. The van der Waals surface area contributed by atoms with Crippen LogP contribution in [0.3, 0.4) is 0 Å². The average molecular weight is 725 g/mol.